The molecule has 0 aromatic heterocycles. The highest BCUT2D eigenvalue weighted by molar-refractivity contribution is 4.84. The van der Waals surface area contributed by atoms with Crippen LogP contribution >= 0.6 is 0 Å². The summed E-state index contributed by atoms with van der Waals surface area (Å²) in [5, 5.41) is 0. The van der Waals surface area contributed by atoms with Crippen molar-refractivity contribution in [2.45, 2.75) is 64.0 Å². The zero-order chi connectivity index (χ0) is 10.7. The van der Waals surface area contributed by atoms with Crippen LogP contribution in [0, 0.1) is 11.8 Å². The predicted octanol–water partition coefficient (Wildman–Crippen LogP) is 2.71. The van der Waals surface area contributed by atoms with E-state index in [1.165, 1.54) is 44.9 Å². The van der Waals surface area contributed by atoms with Crippen LogP contribution in [0.4, 0.5) is 0 Å². The molecule has 15 heavy (non-hydrogen) atoms. The van der Waals surface area contributed by atoms with Crippen molar-refractivity contribution in [3.63, 3.8) is 0 Å². The van der Waals surface area contributed by atoms with Crippen LogP contribution in [0.15, 0.2) is 0 Å². The quantitative estimate of drug-likeness (QED) is 0.779. The van der Waals surface area contributed by atoms with Crippen molar-refractivity contribution in [2.24, 2.45) is 17.6 Å². The maximum Gasteiger partial charge on any atom is 0.0590 e. The van der Waals surface area contributed by atoms with Gasteiger partial charge in [0.2, 0.25) is 0 Å². The fourth-order valence-electron chi connectivity index (χ4n) is 3.29. The second-order valence-electron chi connectivity index (χ2n) is 5.43. The minimum atomic E-state index is 0.380. The summed E-state index contributed by atoms with van der Waals surface area (Å²) in [6.07, 6.45) is 9.92. The van der Waals surface area contributed by atoms with Crippen molar-refractivity contribution < 1.29 is 4.74 Å². The lowest BCUT2D eigenvalue weighted by molar-refractivity contribution is 0.0958. The molecule has 2 heteroatoms. The van der Waals surface area contributed by atoms with Gasteiger partial charge in [-0.3, -0.25) is 0 Å². The largest absolute Gasteiger partial charge is 0.378 e. The van der Waals surface area contributed by atoms with Gasteiger partial charge in [0, 0.05) is 18.6 Å². The number of hydrogen-bond donors (Lipinski definition) is 1. The fraction of sp³-hybridized carbons (Fsp3) is 1.00. The summed E-state index contributed by atoms with van der Waals surface area (Å²) in [7, 11) is 0. The van der Waals surface area contributed by atoms with Crippen LogP contribution in [-0.4, -0.2) is 18.8 Å². The van der Waals surface area contributed by atoms with E-state index in [4.69, 9.17) is 10.5 Å². The Morgan fingerprint density at radius 3 is 2.53 bits per heavy atom. The van der Waals surface area contributed by atoms with Gasteiger partial charge in [0.1, 0.15) is 0 Å². The highest BCUT2D eigenvalue weighted by Crippen LogP contribution is 2.31. The number of hydrogen-bond acceptors (Lipinski definition) is 2. The van der Waals surface area contributed by atoms with E-state index in [-0.39, 0.29) is 0 Å². The summed E-state index contributed by atoms with van der Waals surface area (Å²) in [6, 6.07) is 0.380. The van der Waals surface area contributed by atoms with E-state index in [2.05, 4.69) is 6.92 Å². The Kier molecular flexibility index (Phi) is 4.04. The first-order valence-electron chi connectivity index (χ1n) is 6.64. The molecule has 1 aliphatic heterocycles. The fourth-order valence-corrected chi connectivity index (χ4v) is 3.29. The van der Waals surface area contributed by atoms with Crippen molar-refractivity contribution in [2.75, 3.05) is 6.61 Å². The number of rotatable bonds is 3. The molecule has 3 unspecified atom stereocenters. The van der Waals surface area contributed by atoms with Crippen LogP contribution < -0.4 is 5.73 Å². The smallest absolute Gasteiger partial charge is 0.0590 e. The second-order valence-corrected chi connectivity index (χ2v) is 5.43. The highest BCUT2D eigenvalue weighted by atomic mass is 16.5. The van der Waals surface area contributed by atoms with E-state index in [1.807, 2.05) is 0 Å². The lowest BCUT2D eigenvalue weighted by Gasteiger charge is -2.28. The summed E-state index contributed by atoms with van der Waals surface area (Å²) < 4.78 is 5.60. The Balaban J connectivity index is 1.77. The summed E-state index contributed by atoms with van der Waals surface area (Å²) in [4.78, 5) is 0. The van der Waals surface area contributed by atoms with Gasteiger partial charge in [-0.15, -0.1) is 0 Å². The maximum absolute atomic E-state index is 6.32. The van der Waals surface area contributed by atoms with Crippen LogP contribution in [0.5, 0.6) is 0 Å². The van der Waals surface area contributed by atoms with Crippen molar-refractivity contribution in [3.8, 4) is 0 Å². The first-order chi connectivity index (χ1) is 7.27. The van der Waals surface area contributed by atoms with Crippen molar-refractivity contribution >= 4 is 0 Å². The molecule has 2 N–H and O–H groups in total. The first kappa shape index (κ1) is 11.4. The Hall–Kier alpha value is -0.0800. The summed E-state index contributed by atoms with van der Waals surface area (Å²) in [5.41, 5.74) is 6.32. The number of nitrogens with two attached hydrogens (primary N) is 1. The zero-order valence-corrected chi connectivity index (χ0v) is 9.95. The van der Waals surface area contributed by atoms with E-state index in [1.54, 1.807) is 0 Å². The monoisotopic (exact) mass is 211 g/mol. The third-order valence-corrected chi connectivity index (χ3v) is 4.32. The third-order valence-electron chi connectivity index (χ3n) is 4.32. The molecule has 0 radical (unpaired) electrons. The second kappa shape index (κ2) is 5.31. The molecular weight excluding hydrogens is 186 g/mol. The Bertz CT molecular complexity index is 189. The van der Waals surface area contributed by atoms with Crippen LogP contribution in [0.3, 0.4) is 0 Å². The van der Waals surface area contributed by atoms with E-state index in [0.29, 0.717) is 18.1 Å². The third kappa shape index (κ3) is 2.94. The normalized spacial score (nSPS) is 35.6. The molecule has 0 bridgehead atoms. The standard InChI is InChI=1S/C13H25NO/c1-10-12(7-8-15-10)13(14)9-11-5-3-2-4-6-11/h10-13H,2-9,14H2,1H3. The van der Waals surface area contributed by atoms with E-state index in [0.717, 1.165) is 12.5 Å². The van der Waals surface area contributed by atoms with Gasteiger partial charge in [-0.25, -0.2) is 0 Å². The summed E-state index contributed by atoms with van der Waals surface area (Å²) >= 11 is 0. The van der Waals surface area contributed by atoms with Gasteiger partial charge in [-0.1, -0.05) is 32.1 Å². The lowest BCUT2D eigenvalue weighted by atomic mass is 9.80. The molecule has 0 amide bonds. The topological polar surface area (TPSA) is 35.2 Å². The Labute approximate surface area is 93.6 Å². The molecular formula is C13H25NO. The maximum atomic E-state index is 6.32. The molecule has 2 rings (SSSR count). The highest BCUT2D eigenvalue weighted by Gasteiger charge is 2.31. The number of ether oxygens (including phenoxy) is 1. The summed E-state index contributed by atoms with van der Waals surface area (Å²) in [5.74, 6) is 1.52. The summed E-state index contributed by atoms with van der Waals surface area (Å²) in [6.45, 7) is 3.10. The molecule has 0 aromatic rings. The van der Waals surface area contributed by atoms with Crippen LogP contribution in [0.25, 0.3) is 0 Å². The Morgan fingerprint density at radius 1 is 1.20 bits per heavy atom. The van der Waals surface area contributed by atoms with Gasteiger partial charge in [0.25, 0.3) is 0 Å². The Morgan fingerprint density at radius 2 is 1.93 bits per heavy atom. The van der Waals surface area contributed by atoms with E-state index >= 15 is 0 Å². The van der Waals surface area contributed by atoms with Crippen molar-refractivity contribution in [1.82, 2.24) is 0 Å². The molecule has 2 nitrogen and oxygen atoms in total. The molecule has 2 fully saturated rings. The average Bonchev–Trinajstić information content (AvgIpc) is 2.66. The van der Waals surface area contributed by atoms with Crippen molar-refractivity contribution in [3.05, 3.63) is 0 Å². The molecule has 2 aliphatic rings. The van der Waals surface area contributed by atoms with E-state index < -0.39 is 0 Å². The molecule has 1 aliphatic carbocycles. The molecule has 3 atom stereocenters. The van der Waals surface area contributed by atoms with Gasteiger partial charge < -0.3 is 10.5 Å². The van der Waals surface area contributed by atoms with Gasteiger partial charge >= 0.3 is 0 Å². The van der Waals surface area contributed by atoms with Gasteiger partial charge in [-0.2, -0.15) is 0 Å². The molecule has 1 saturated heterocycles. The van der Waals surface area contributed by atoms with Gasteiger partial charge in [-0.05, 0) is 25.7 Å². The molecule has 88 valence electrons. The minimum Gasteiger partial charge on any atom is -0.378 e. The van der Waals surface area contributed by atoms with Crippen LogP contribution in [0.1, 0.15) is 51.9 Å². The predicted molar refractivity (Wildman–Crippen MR) is 62.7 cm³/mol. The minimum absolute atomic E-state index is 0.380. The molecule has 1 saturated carbocycles. The molecule has 0 aromatic carbocycles. The average molecular weight is 211 g/mol. The van der Waals surface area contributed by atoms with Crippen molar-refractivity contribution in [1.29, 1.82) is 0 Å². The zero-order valence-electron chi connectivity index (χ0n) is 9.95. The van der Waals surface area contributed by atoms with Gasteiger partial charge in [0.15, 0.2) is 0 Å². The first-order valence-corrected chi connectivity index (χ1v) is 6.64. The molecule has 1 heterocycles. The van der Waals surface area contributed by atoms with Gasteiger partial charge in [0.05, 0.1) is 6.10 Å². The van der Waals surface area contributed by atoms with Crippen LogP contribution in [0.2, 0.25) is 0 Å². The molecule has 0 spiro atoms. The van der Waals surface area contributed by atoms with Crippen LogP contribution in [-0.2, 0) is 4.74 Å². The SMILES string of the molecule is CC1OCCC1C(N)CC1CCCCC1. The van der Waals surface area contributed by atoms with E-state index in [9.17, 15) is 0 Å². The lowest BCUT2D eigenvalue weighted by Crippen LogP contribution is -2.36.